The molecule has 0 spiro atoms. The van der Waals surface area contributed by atoms with Crippen LogP contribution < -0.4 is 10.1 Å². The molecule has 4 rings (SSSR count). The number of benzene rings is 2. The smallest absolute Gasteiger partial charge is 0.251 e. The summed E-state index contributed by atoms with van der Waals surface area (Å²) in [6.45, 7) is 0.980. The molecule has 5 nitrogen and oxygen atoms in total. The second kappa shape index (κ2) is 9.92. The van der Waals surface area contributed by atoms with Gasteiger partial charge in [-0.15, -0.1) is 0 Å². The molecule has 2 aromatic carbocycles. The molecule has 2 amide bonds. The summed E-state index contributed by atoms with van der Waals surface area (Å²) in [6, 6.07) is 13.3. The lowest BCUT2D eigenvalue weighted by Gasteiger charge is -2.23. The summed E-state index contributed by atoms with van der Waals surface area (Å²) in [6.07, 6.45) is 5.26. The van der Waals surface area contributed by atoms with Crippen molar-refractivity contribution in [2.45, 2.75) is 57.2 Å². The van der Waals surface area contributed by atoms with Crippen LogP contribution in [0.25, 0.3) is 0 Å². The predicted molar refractivity (Wildman–Crippen MR) is 122 cm³/mol. The summed E-state index contributed by atoms with van der Waals surface area (Å²) in [5, 5.41) is 4.02. The lowest BCUT2D eigenvalue weighted by Crippen LogP contribution is -2.32. The van der Waals surface area contributed by atoms with Crippen LogP contribution in [0.1, 0.15) is 54.4 Å². The van der Waals surface area contributed by atoms with Gasteiger partial charge in [-0.25, -0.2) is 0 Å². The van der Waals surface area contributed by atoms with E-state index in [9.17, 15) is 9.59 Å². The maximum atomic E-state index is 12.8. The zero-order valence-corrected chi connectivity index (χ0v) is 18.8. The number of hydrogen-bond donors (Lipinski definition) is 1. The number of halogens is 2. The highest BCUT2D eigenvalue weighted by Gasteiger charge is 2.32. The van der Waals surface area contributed by atoms with Gasteiger partial charge in [0.1, 0.15) is 5.75 Å². The highest BCUT2D eigenvalue weighted by Crippen LogP contribution is 2.30. The van der Waals surface area contributed by atoms with E-state index >= 15 is 0 Å². The van der Waals surface area contributed by atoms with Crippen LogP contribution in [0, 0.1) is 0 Å². The molecule has 164 valence electrons. The van der Waals surface area contributed by atoms with Gasteiger partial charge in [0.2, 0.25) is 5.91 Å². The Morgan fingerprint density at radius 2 is 1.77 bits per heavy atom. The molecule has 0 aliphatic heterocycles. The van der Waals surface area contributed by atoms with Gasteiger partial charge in [-0.05, 0) is 68.0 Å². The van der Waals surface area contributed by atoms with E-state index in [4.69, 9.17) is 27.9 Å². The Bertz CT molecular complexity index is 940. The van der Waals surface area contributed by atoms with Crippen LogP contribution in [0.5, 0.6) is 5.75 Å². The number of carbonyl (C=O) groups excluding carboxylic acids is 2. The average molecular weight is 461 g/mol. The number of nitrogens with zero attached hydrogens (tertiary/aromatic N) is 1. The quantitative estimate of drug-likeness (QED) is 0.493. The summed E-state index contributed by atoms with van der Waals surface area (Å²) in [7, 11) is 0. The first-order chi connectivity index (χ1) is 15.0. The lowest BCUT2D eigenvalue weighted by molar-refractivity contribution is -0.132. The molecule has 0 radical (unpaired) electrons. The molecule has 2 fully saturated rings. The molecule has 0 aromatic heterocycles. The van der Waals surface area contributed by atoms with Gasteiger partial charge in [-0.1, -0.05) is 35.3 Å². The fourth-order valence-electron chi connectivity index (χ4n) is 3.40. The summed E-state index contributed by atoms with van der Waals surface area (Å²) < 4.78 is 5.68. The summed E-state index contributed by atoms with van der Waals surface area (Å²) >= 11 is 12.0. The van der Waals surface area contributed by atoms with E-state index in [0.29, 0.717) is 59.4 Å². The van der Waals surface area contributed by atoms with Gasteiger partial charge in [-0.2, -0.15) is 0 Å². The molecule has 0 atom stereocenters. The largest absolute Gasteiger partial charge is 0.492 e. The van der Waals surface area contributed by atoms with E-state index in [1.807, 2.05) is 29.2 Å². The second-order valence-electron chi connectivity index (χ2n) is 8.22. The summed E-state index contributed by atoms with van der Waals surface area (Å²) in [5.41, 5.74) is 1.70. The first kappa shape index (κ1) is 22.0. The van der Waals surface area contributed by atoms with E-state index in [0.717, 1.165) is 31.2 Å². The molecule has 0 unspecified atom stereocenters. The van der Waals surface area contributed by atoms with Crippen LogP contribution >= 0.6 is 23.2 Å². The van der Waals surface area contributed by atoms with E-state index in [-0.39, 0.29) is 11.8 Å². The van der Waals surface area contributed by atoms with Crippen molar-refractivity contribution in [1.29, 1.82) is 0 Å². The number of amides is 2. The second-order valence-corrected chi connectivity index (χ2v) is 9.07. The highest BCUT2D eigenvalue weighted by atomic mass is 35.5. The van der Waals surface area contributed by atoms with Crippen LogP contribution in [-0.2, 0) is 11.3 Å². The van der Waals surface area contributed by atoms with E-state index < -0.39 is 0 Å². The summed E-state index contributed by atoms with van der Waals surface area (Å²) in [4.78, 5) is 26.9. The number of carbonyl (C=O) groups is 2. The van der Waals surface area contributed by atoms with Gasteiger partial charge < -0.3 is 15.0 Å². The normalized spacial score (nSPS) is 15.4. The Morgan fingerprint density at radius 3 is 2.42 bits per heavy atom. The van der Waals surface area contributed by atoms with Crippen LogP contribution in [0.3, 0.4) is 0 Å². The van der Waals surface area contributed by atoms with Crippen LogP contribution in [-0.4, -0.2) is 35.4 Å². The first-order valence-corrected chi connectivity index (χ1v) is 11.5. The molecule has 0 heterocycles. The molecule has 1 N–H and O–H groups in total. The van der Waals surface area contributed by atoms with Crippen LogP contribution in [0.15, 0.2) is 42.5 Å². The molecule has 7 heteroatoms. The standard InChI is InChI=1S/C24H26Cl2N2O3/c25-18-7-12-22(21(26)14-18)31-13-1-2-23(29)28(20-10-11-20)15-16-3-5-17(6-4-16)24(30)27-19-8-9-19/h3-7,12,14,19-20H,1-2,8-11,13,15H2,(H,27,30). The van der Waals surface area contributed by atoms with Crippen molar-refractivity contribution in [3.63, 3.8) is 0 Å². The Hall–Kier alpha value is -2.24. The zero-order valence-electron chi connectivity index (χ0n) is 17.3. The number of rotatable bonds is 10. The monoisotopic (exact) mass is 460 g/mol. The Morgan fingerprint density at radius 1 is 1.03 bits per heavy atom. The number of ether oxygens (including phenoxy) is 1. The molecule has 2 aromatic rings. The van der Waals surface area contributed by atoms with E-state index in [1.54, 1.807) is 18.2 Å². The predicted octanol–water partition coefficient (Wildman–Crippen LogP) is 5.24. The van der Waals surface area contributed by atoms with Gasteiger partial charge in [0, 0.05) is 35.6 Å². The van der Waals surface area contributed by atoms with E-state index in [2.05, 4.69) is 5.32 Å². The Kier molecular flexibility index (Phi) is 7.03. The molecule has 31 heavy (non-hydrogen) atoms. The molecular weight excluding hydrogens is 435 g/mol. The minimum atomic E-state index is -0.0232. The molecule has 0 bridgehead atoms. The first-order valence-electron chi connectivity index (χ1n) is 10.8. The molecular formula is C24H26Cl2N2O3. The van der Waals surface area contributed by atoms with Gasteiger partial charge in [0.15, 0.2) is 0 Å². The third kappa shape index (κ3) is 6.37. The van der Waals surface area contributed by atoms with Crippen molar-refractivity contribution in [2.75, 3.05) is 6.61 Å². The third-order valence-electron chi connectivity index (χ3n) is 5.48. The van der Waals surface area contributed by atoms with Crippen molar-refractivity contribution in [2.24, 2.45) is 0 Å². The summed E-state index contributed by atoms with van der Waals surface area (Å²) in [5.74, 6) is 0.678. The maximum absolute atomic E-state index is 12.8. The van der Waals surface area contributed by atoms with Gasteiger partial charge in [0.25, 0.3) is 5.91 Å². The molecule has 2 saturated carbocycles. The zero-order chi connectivity index (χ0) is 21.8. The van der Waals surface area contributed by atoms with E-state index in [1.165, 1.54) is 0 Å². The number of hydrogen-bond acceptors (Lipinski definition) is 3. The maximum Gasteiger partial charge on any atom is 0.251 e. The number of nitrogens with one attached hydrogen (secondary N) is 1. The third-order valence-corrected chi connectivity index (χ3v) is 6.01. The fraction of sp³-hybridized carbons (Fsp3) is 0.417. The van der Waals surface area contributed by atoms with Crippen molar-refractivity contribution in [1.82, 2.24) is 10.2 Å². The van der Waals surface area contributed by atoms with Gasteiger partial charge in [0.05, 0.1) is 11.6 Å². The molecule has 2 aliphatic carbocycles. The van der Waals surface area contributed by atoms with Crippen LogP contribution in [0.2, 0.25) is 10.0 Å². The van der Waals surface area contributed by atoms with Crippen molar-refractivity contribution in [3.05, 3.63) is 63.6 Å². The molecule has 2 aliphatic rings. The minimum absolute atomic E-state index is 0.0232. The molecule has 0 saturated heterocycles. The van der Waals surface area contributed by atoms with Crippen molar-refractivity contribution < 1.29 is 14.3 Å². The van der Waals surface area contributed by atoms with Gasteiger partial charge in [-0.3, -0.25) is 9.59 Å². The lowest BCUT2D eigenvalue weighted by atomic mass is 10.1. The van der Waals surface area contributed by atoms with Crippen molar-refractivity contribution >= 4 is 35.0 Å². The topological polar surface area (TPSA) is 58.6 Å². The Balaban J connectivity index is 1.26. The minimum Gasteiger partial charge on any atom is -0.492 e. The average Bonchev–Trinajstić information content (AvgIpc) is 3.66. The highest BCUT2D eigenvalue weighted by molar-refractivity contribution is 6.35. The van der Waals surface area contributed by atoms with Crippen LogP contribution in [0.4, 0.5) is 0 Å². The van der Waals surface area contributed by atoms with Gasteiger partial charge >= 0.3 is 0 Å². The van der Waals surface area contributed by atoms with Crippen molar-refractivity contribution in [3.8, 4) is 5.75 Å². The SMILES string of the molecule is O=C(NC1CC1)c1ccc(CN(C(=O)CCCOc2ccc(Cl)cc2Cl)C2CC2)cc1. The fourth-order valence-corrected chi connectivity index (χ4v) is 3.87. The Labute approximate surface area is 192 Å².